The SMILES string of the molecule is CCOC(=O)[C@H](NC(=O)c1cc([N+](=O)[O-])cc([N+](=O)[O-])c1)C(C)CC. The molecular formula is C15H19N3O7. The number of esters is 1. The van der Waals surface area contributed by atoms with Crippen molar-refractivity contribution in [1.29, 1.82) is 0 Å². The van der Waals surface area contributed by atoms with Gasteiger partial charge in [-0.15, -0.1) is 0 Å². The second-order valence-corrected chi connectivity index (χ2v) is 5.34. The number of amides is 1. The number of nitro benzene ring substituents is 2. The van der Waals surface area contributed by atoms with Crippen LogP contribution < -0.4 is 5.32 Å². The van der Waals surface area contributed by atoms with Gasteiger partial charge in [-0.1, -0.05) is 20.3 Å². The molecule has 0 aliphatic heterocycles. The van der Waals surface area contributed by atoms with Gasteiger partial charge in [-0.3, -0.25) is 25.0 Å². The lowest BCUT2D eigenvalue weighted by molar-refractivity contribution is -0.394. The summed E-state index contributed by atoms with van der Waals surface area (Å²) in [5.74, 6) is -1.72. The van der Waals surface area contributed by atoms with E-state index in [9.17, 15) is 29.8 Å². The third-order valence-electron chi connectivity index (χ3n) is 3.63. The van der Waals surface area contributed by atoms with E-state index in [0.717, 1.165) is 18.2 Å². The highest BCUT2D eigenvalue weighted by Gasteiger charge is 2.29. The van der Waals surface area contributed by atoms with E-state index in [1.165, 1.54) is 0 Å². The topological polar surface area (TPSA) is 142 Å². The van der Waals surface area contributed by atoms with Crippen molar-refractivity contribution < 1.29 is 24.2 Å². The summed E-state index contributed by atoms with van der Waals surface area (Å²) in [4.78, 5) is 44.5. The first-order valence-electron chi connectivity index (χ1n) is 7.62. The van der Waals surface area contributed by atoms with Gasteiger partial charge in [0.1, 0.15) is 6.04 Å². The van der Waals surface area contributed by atoms with Gasteiger partial charge in [0.25, 0.3) is 17.3 Å². The molecule has 1 unspecified atom stereocenters. The maximum atomic E-state index is 12.4. The molecule has 10 heteroatoms. The minimum atomic E-state index is -0.962. The predicted molar refractivity (Wildman–Crippen MR) is 87.1 cm³/mol. The van der Waals surface area contributed by atoms with E-state index in [0.29, 0.717) is 6.42 Å². The Balaban J connectivity index is 3.17. The summed E-state index contributed by atoms with van der Waals surface area (Å²) in [7, 11) is 0. The molecule has 0 aromatic heterocycles. The van der Waals surface area contributed by atoms with Crippen molar-refractivity contribution in [3.05, 3.63) is 44.0 Å². The lowest BCUT2D eigenvalue weighted by Crippen LogP contribution is -2.46. The Hall–Kier alpha value is -3.04. The van der Waals surface area contributed by atoms with Crippen LogP contribution in [0.25, 0.3) is 0 Å². The van der Waals surface area contributed by atoms with E-state index in [1.54, 1.807) is 13.8 Å². The van der Waals surface area contributed by atoms with Crippen LogP contribution in [0.2, 0.25) is 0 Å². The molecule has 1 rings (SSSR count). The highest BCUT2D eigenvalue weighted by atomic mass is 16.6. The molecule has 0 saturated carbocycles. The van der Waals surface area contributed by atoms with Crippen LogP contribution in [0.5, 0.6) is 0 Å². The van der Waals surface area contributed by atoms with Gasteiger partial charge < -0.3 is 10.1 Å². The van der Waals surface area contributed by atoms with Crippen molar-refractivity contribution in [3.8, 4) is 0 Å². The van der Waals surface area contributed by atoms with Crippen molar-refractivity contribution in [1.82, 2.24) is 5.32 Å². The number of carbonyl (C=O) groups excluding carboxylic acids is 2. The van der Waals surface area contributed by atoms with E-state index in [1.807, 2.05) is 6.92 Å². The number of benzene rings is 1. The highest BCUT2D eigenvalue weighted by molar-refractivity contribution is 5.98. The minimum Gasteiger partial charge on any atom is -0.464 e. The molecule has 0 aliphatic carbocycles. The quantitative estimate of drug-likeness (QED) is 0.429. The zero-order valence-corrected chi connectivity index (χ0v) is 14.1. The molecule has 0 radical (unpaired) electrons. The standard InChI is InChI=1S/C15H19N3O7/c1-4-9(3)13(15(20)25-5-2)16-14(19)10-6-11(17(21)22)8-12(7-10)18(23)24/h6-9,13H,4-5H2,1-3H3,(H,16,19)/t9?,13-/m1/s1. The summed E-state index contributed by atoms with van der Waals surface area (Å²) >= 11 is 0. The number of rotatable bonds is 8. The normalized spacial score (nSPS) is 12.8. The van der Waals surface area contributed by atoms with Crippen LogP contribution in [0.15, 0.2) is 18.2 Å². The van der Waals surface area contributed by atoms with Crippen LogP contribution in [0.1, 0.15) is 37.6 Å². The molecule has 0 heterocycles. The molecule has 1 amide bonds. The van der Waals surface area contributed by atoms with Crippen molar-refractivity contribution >= 4 is 23.3 Å². The molecule has 0 spiro atoms. The molecule has 25 heavy (non-hydrogen) atoms. The number of nitrogens with zero attached hydrogens (tertiary/aromatic N) is 2. The first-order chi connectivity index (χ1) is 11.7. The van der Waals surface area contributed by atoms with E-state index in [-0.39, 0.29) is 18.1 Å². The van der Waals surface area contributed by atoms with Crippen LogP contribution in [0.3, 0.4) is 0 Å². The molecule has 10 nitrogen and oxygen atoms in total. The second-order valence-electron chi connectivity index (χ2n) is 5.34. The van der Waals surface area contributed by atoms with Crippen molar-refractivity contribution in [2.45, 2.75) is 33.2 Å². The maximum Gasteiger partial charge on any atom is 0.328 e. The zero-order valence-electron chi connectivity index (χ0n) is 14.1. The Labute approximate surface area is 143 Å². The number of nitro groups is 2. The fraction of sp³-hybridized carbons (Fsp3) is 0.467. The van der Waals surface area contributed by atoms with Crippen molar-refractivity contribution in [3.63, 3.8) is 0 Å². The Morgan fingerprint density at radius 2 is 1.64 bits per heavy atom. The molecule has 2 atom stereocenters. The van der Waals surface area contributed by atoms with E-state index >= 15 is 0 Å². The van der Waals surface area contributed by atoms with Crippen LogP contribution in [0, 0.1) is 26.1 Å². The predicted octanol–water partition coefficient (Wildman–Crippen LogP) is 2.21. The average molecular weight is 353 g/mol. The second kappa shape index (κ2) is 8.71. The summed E-state index contributed by atoms with van der Waals surface area (Å²) in [5.41, 5.74) is -1.45. The van der Waals surface area contributed by atoms with Gasteiger partial charge in [-0.05, 0) is 12.8 Å². The lowest BCUT2D eigenvalue weighted by atomic mass is 9.98. The zero-order chi connectivity index (χ0) is 19.1. The number of ether oxygens (including phenoxy) is 1. The summed E-state index contributed by atoms with van der Waals surface area (Å²) in [6, 6.07) is 1.63. The summed E-state index contributed by atoms with van der Waals surface area (Å²) in [6.45, 7) is 5.31. The fourth-order valence-corrected chi connectivity index (χ4v) is 2.06. The van der Waals surface area contributed by atoms with E-state index in [2.05, 4.69) is 5.32 Å². The average Bonchev–Trinajstić information content (AvgIpc) is 2.58. The van der Waals surface area contributed by atoms with Crippen LogP contribution in [-0.2, 0) is 9.53 Å². The number of hydrogen-bond acceptors (Lipinski definition) is 7. The molecule has 1 N–H and O–H groups in total. The molecule has 0 fully saturated rings. The number of nitrogens with one attached hydrogen (secondary N) is 1. The van der Waals surface area contributed by atoms with Gasteiger partial charge in [0.2, 0.25) is 0 Å². The van der Waals surface area contributed by atoms with Gasteiger partial charge in [-0.25, -0.2) is 4.79 Å². The van der Waals surface area contributed by atoms with Gasteiger partial charge in [0, 0.05) is 12.1 Å². The van der Waals surface area contributed by atoms with Gasteiger partial charge in [0.15, 0.2) is 0 Å². The molecule has 0 aliphatic rings. The Morgan fingerprint density at radius 1 is 1.12 bits per heavy atom. The van der Waals surface area contributed by atoms with Crippen LogP contribution in [0.4, 0.5) is 11.4 Å². The fourth-order valence-electron chi connectivity index (χ4n) is 2.06. The third kappa shape index (κ3) is 5.23. The van der Waals surface area contributed by atoms with E-state index < -0.39 is 39.1 Å². The van der Waals surface area contributed by atoms with Crippen LogP contribution in [-0.4, -0.2) is 34.4 Å². The summed E-state index contributed by atoms with van der Waals surface area (Å²) < 4.78 is 4.92. The summed E-state index contributed by atoms with van der Waals surface area (Å²) in [6.07, 6.45) is 0.568. The van der Waals surface area contributed by atoms with Crippen molar-refractivity contribution in [2.24, 2.45) is 5.92 Å². The minimum absolute atomic E-state index is 0.129. The Kier molecular flexibility index (Phi) is 6.97. The first kappa shape index (κ1) is 20.0. The number of non-ortho nitro benzene ring substituents is 2. The number of carbonyl (C=O) groups is 2. The smallest absolute Gasteiger partial charge is 0.328 e. The maximum absolute atomic E-state index is 12.4. The van der Waals surface area contributed by atoms with Crippen molar-refractivity contribution in [2.75, 3.05) is 6.61 Å². The number of hydrogen-bond donors (Lipinski definition) is 1. The summed E-state index contributed by atoms with van der Waals surface area (Å²) in [5, 5.41) is 24.2. The van der Waals surface area contributed by atoms with Gasteiger partial charge in [-0.2, -0.15) is 0 Å². The van der Waals surface area contributed by atoms with E-state index in [4.69, 9.17) is 4.74 Å². The molecule has 0 saturated heterocycles. The highest BCUT2D eigenvalue weighted by Crippen LogP contribution is 2.23. The largest absolute Gasteiger partial charge is 0.464 e. The Bertz CT molecular complexity index is 657. The van der Waals surface area contributed by atoms with Crippen LogP contribution >= 0.6 is 0 Å². The molecular weight excluding hydrogens is 334 g/mol. The lowest BCUT2D eigenvalue weighted by Gasteiger charge is -2.22. The monoisotopic (exact) mass is 353 g/mol. The third-order valence-corrected chi connectivity index (χ3v) is 3.63. The first-order valence-corrected chi connectivity index (χ1v) is 7.62. The molecule has 1 aromatic rings. The van der Waals surface area contributed by atoms with Gasteiger partial charge >= 0.3 is 5.97 Å². The molecule has 0 bridgehead atoms. The Morgan fingerprint density at radius 3 is 2.04 bits per heavy atom. The van der Waals surface area contributed by atoms with Gasteiger partial charge in [0.05, 0.1) is 28.1 Å². The molecule has 136 valence electrons. The molecule has 1 aromatic carbocycles.